The van der Waals surface area contributed by atoms with Gasteiger partial charge in [0, 0.05) is 37.8 Å². The van der Waals surface area contributed by atoms with Gasteiger partial charge in [0.1, 0.15) is 0 Å². The second kappa shape index (κ2) is 3.34. The minimum atomic E-state index is 0.131. The maximum absolute atomic E-state index is 2.34. The van der Waals surface area contributed by atoms with E-state index in [-0.39, 0.29) is 5.54 Å². The molecule has 0 radical (unpaired) electrons. The van der Waals surface area contributed by atoms with Crippen LogP contribution in [0, 0.1) is 6.92 Å². The SMILES string of the molecule is Cc1cc2ccccc2[n+](C(C)(C)C)c1. The molecule has 0 aliphatic carbocycles. The van der Waals surface area contributed by atoms with Crippen molar-refractivity contribution >= 4 is 10.9 Å². The molecule has 2 aromatic rings. The Morgan fingerprint density at radius 3 is 2.40 bits per heavy atom. The highest BCUT2D eigenvalue weighted by atomic mass is 15.0. The topological polar surface area (TPSA) is 3.88 Å². The Morgan fingerprint density at radius 2 is 1.73 bits per heavy atom. The molecule has 0 spiro atoms. The van der Waals surface area contributed by atoms with Crippen LogP contribution in [0.25, 0.3) is 10.9 Å². The lowest BCUT2D eigenvalue weighted by atomic mass is 10.1. The van der Waals surface area contributed by atoms with Crippen LogP contribution in [0.15, 0.2) is 36.5 Å². The second-order valence-electron chi connectivity index (χ2n) is 5.12. The average molecular weight is 200 g/mol. The maximum Gasteiger partial charge on any atom is 0.212 e. The molecule has 1 nitrogen and oxygen atoms in total. The summed E-state index contributed by atoms with van der Waals surface area (Å²) in [5.74, 6) is 0. The molecule has 1 heteroatoms. The summed E-state index contributed by atoms with van der Waals surface area (Å²) in [4.78, 5) is 0. The summed E-state index contributed by atoms with van der Waals surface area (Å²) in [6.45, 7) is 8.85. The molecule has 0 aliphatic rings. The molecule has 0 saturated heterocycles. The lowest BCUT2D eigenvalue weighted by Gasteiger charge is -2.15. The largest absolute Gasteiger partial charge is 0.212 e. The first-order valence-corrected chi connectivity index (χ1v) is 5.40. The quantitative estimate of drug-likeness (QED) is 0.575. The molecule has 1 aromatic heterocycles. The summed E-state index contributed by atoms with van der Waals surface area (Å²) in [7, 11) is 0. The number of benzene rings is 1. The van der Waals surface area contributed by atoms with E-state index < -0.39 is 0 Å². The van der Waals surface area contributed by atoms with Gasteiger partial charge < -0.3 is 0 Å². The van der Waals surface area contributed by atoms with Crippen LogP contribution in [0.2, 0.25) is 0 Å². The molecule has 0 saturated carbocycles. The van der Waals surface area contributed by atoms with E-state index in [9.17, 15) is 0 Å². The number of fused-ring (bicyclic) bond motifs is 1. The van der Waals surface area contributed by atoms with E-state index in [0.717, 1.165) is 0 Å². The van der Waals surface area contributed by atoms with Crippen molar-refractivity contribution in [3.8, 4) is 0 Å². The van der Waals surface area contributed by atoms with E-state index in [1.165, 1.54) is 16.5 Å². The van der Waals surface area contributed by atoms with E-state index in [2.05, 4.69) is 68.8 Å². The van der Waals surface area contributed by atoms with Crippen molar-refractivity contribution in [2.24, 2.45) is 0 Å². The average Bonchev–Trinajstić information content (AvgIpc) is 2.15. The van der Waals surface area contributed by atoms with Crippen molar-refractivity contribution in [1.29, 1.82) is 0 Å². The predicted molar refractivity (Wildman–Crippen MR) is 63.9 cm³/mol. The van der Waals surface area contributed by atoms with E-state index in [1.54, 1.807) is 0 Å². The first-order valence-electron chi connectivity index (χ1n) is 5.40. The summed E-state index contributed by atoms with van der Waals surface area (Å²) in [5.41, 5.74) is 2.74. The van der Waals surface area contributed by atoms with Crippen LogP contribution in [-0.2, 0) is 5.54 Å². The van der Waals surface area contributed by atoms with Crippen LogP contribution in [0.1, 0.15) is 26.3 Å². The predicted octanol–water partition coefficient (Wildman–Crippen LogP) is 3.19. The van der Waals surface area contributed by atoms with Crippen molar-refractivity contribution in [3.63, 3.8) is 0 Å². The van der Waals surface area contributed by atoms with Gasteiger partial charge in [-0.05, 0) is 19.1 Å². The molecule has 1 aromatic carbocycles. The highest BCUT2D eigenvalue weighted by molar-refractivity contribution is 5.75. The van der Waals surface area contributed by atoms with Crippen molar-refractivity contribution in [2.45, 2.75) is 33.2 Å². The lowest BCUT2D eigenvalue weighted by Crippen LogP contribution is -2.50. The van der Waals surface area contributed by atoms with Crippen LogP contribution in [0.3, 0.4) is 0 Å². The minimum Gasteiger partial charge on any atom is -0.194 e. The van der Waals surface area contributed by atoms with Crippen LogP contribution in [-0.4, -0.2) is 0 Å². The number of hydrogen-bond acceptors (Lipinski definition) is 0. The normalized spacial score (nSPS) is 12.0. The summed E-state index contributed by atoms with van der Waals surface area (Å²) >= 11 is 0. The zero-order valence-electron chi connectivity index (χ0n) is 9.91. The molecule has 0 amide bonds. The molecular formula is C14H18N+. The van der Waals surface area contributed by atoms with Gasteiger partial charge in [-0.2, -0.15) is 4.57 Å². The van der Waals surface area contributed by atoms with Gasteiger partial charge in [-0.15, -0.1) is 0 Å². The number of rotatable bonds is 0. The highest BCUT2D eigenvalue weighted by Crippen LogP contribution is 2.15. The fourth-order valence-electron chi connectivity index (χ4n) is 1.94. The second-order valence-corrected chi connectivity index (χ2v) is 5.12. The Bertz CT molecular complexity index is 492. The van der Waals surface area contributed by atoms with E-state index in [1.807, 2.05) is 0 Å². The first-order chi connectivity index (χ1) is 6.98. The molecule has 2 rings (SSSR count). The third kappa shape index (κ3) is 1.87. The molecule has 0 fully saturated rings. The minimum absolute atomic E-state index is 0.131. The van der Waals surface area contributed by atoms with E-state index >= 15 is 0 Å². The Morgan fingerprint density at radius 1 is 1.07 bits per heavy atom. The van der Waals surface area contributed by atoms with E-state index in [4.69, 9.17) is 0 Å². The Kier molecular flexibility index (Phi) is 2.26. The fourth-order valence-corrected chi connectivity index (χ4v) is 1.94. The Hall–Kier alpha value is -1.37. The molecule has 0 unspecified atom stereocenters. The third-order valence-corrected chi connectivity index (χ3v) is 2.63. The molecule has 0 N–H and O–H groups in total. The van der Waals surface area contributed by atoms with Crippen molar-refractivity contribution in [2.75, 3.05) is 0 Å². The molecular weight excluding hydrogens is 182 g/mol. The van der Waals surface area contributed by atoms with Gasteiger partial charge in [0.2, 0.25) is 5.52 Å². The van der Waals surface area contributed by atoms with Gasteiger partial charge in [-0.1, -0.05) is 12.1 Å². The van der Waals surface area contributed by atoms with Gasteiger partial charge in [-0.3, -0.25) is 0 Å². The number of nitrogens with zero attached hydrogens (tertiary/aromatic N) is 1. The molecule has 15 heavy (non-hydrogen) atoms. The standard InChI is InChI=1S/C14H18N/c1-11-9-12-7-5-6-8-13(12)15(10-11)14(2,3)4/h5-10H,1-4H3/q+1. The zero-order chi connectivity index (χ0) is 11.1. The maximum atomic E-state index is 2.34. The van der Waals surface area contributed by atoms with Crippen molar-refractivity contribution < 1.29 is 4.57 Å². The summed E-state index contributed by atoms with van der Waals surface area (Å²) < 4.78 is 2.34. The van der Waals surface area contributed by atoms with E-state index in [0.29, 0.717) is 0 Å². The number of para-hydroxylation sites is 1. The Labute approximate surface area is 91.4 Å². The van der Waals surface area contributed by atoms with Gasteiger partial charge >= 0.3 is 0 Å². The van der Waals surface area contributed by atoms with Gasteiger partial charge in [0.05, 0.1) is 0 Å². The fraction of sp³-hybridized carbons (Fsp3) is 0.357. The monoisotopic (exact) mass is 200 g/mol. The smallest absolute Gasteiger partial charge is 0.194 e. The van der Waals surface area contributed by atoms with Crippen LogP contribution < -0.4 is 4.57 Å². The first kappa shape index (κ1) is 10.2. The summed E-state index contributed by atoms with van der Waals surface area (Å²) in [6, 6.07) is 10.8. The third-order valence-electron chi connectivity index (χ3n) is 2.63. The number of aromatic nitrogens is 1. The summed E-state index contributed by atoms with van der Waals surface area (Å²) in [6.07, 6.45) is 2.22. The van der Waals surface area contributed by atoms with Crippen LogP contribution in [0.4, 0.5) is 0 Å². The van der Waals surface area contributed by atoms with Crippen molar-refractivity contribution in [1.82, 2.24) is 0 Å². The number of pyridine rings is 1. The molecule has 1 heterocycles. The molecule has 78 valence electrons. The summed E-state index contributed by atoms with van der Waals surface area (Å²) in [5, 5.41) is 1.31. The number of hydrogen-bond donors (Lipinski definition) is 0. The highest BCUT2D eigenvalue weighted by Gasteiger charge is 2.24. The molecule has 0 bridgehead atoms. The zero-order valence-corrected chi connectivity index (χ0v) is 9.91. The van der Waals surface area contributed by atoms with Gasteiger partial charge in [-0.25, -0.2) is 0 Å². The van der Waals surface area contributed by atoms with Gasteiger partial charge in [0.15, 0.2) is 11.7 Å². The number of aryl methyl sites for hydroxylation is 1. The van der Waals surface area contributed by atoms with Crippen molar-refractivity contribution in [3.05, 3.63) is 42.1 Å². The van der Waals surface area contributed by atoms with Crippen LogP contribution >= 0.6 is 0 Å². The molecule has 0 aliphatic heterocycles. The van der Waals surface area contributed by atoms with Gasteiger partial charge in [0.25, 0.3) is 0 Å². The van der Waals surface area contributed by atoms with Crippen LogP contribution in [0.5, 0.6) is 0 Å². The lowest BCUT2D eigenvalue weighted by molar-refractivity contribution is -0.730. The molecule has 0 atom stereocenters. The Balaban J connectivity index is 2.83.